The second kappa shape index (κ2) is 10.3. The largest absolute Gasteiger partial charge is 0.351 e. The van der Waals surface area contributed by atoms with Crippen molar-refractivity contribution >= 4 is 16.8 Å². The molecule has 0 radical (unpaired) electrons. The Balaban J connectivity index is 1.81. The summed E-state index contributed by atoms with van der Waals surface area (Å²) in [5, 5.41) is 4.17. The zero-order valence-corrected chi connectivity index (χ0v) is 20.7. The first-order valence-electron chi connectivity index (χ1n) is 12.2. The molecule has 0 aliphatic carbocycles. The van der Waals surface area contributed by atoms with Crippen molar-refractivity contribution < 1.29 is 4.79 Å². The molecule has 1 heterocycles. The number of H-pyrrole nitrogens is 1. The number of aromatic nitrogens is 1. The van der Waals surface area contributed by atoms with E-state index in [0.717, 1.165) is 46.9 Å². The quantitative estimate of drug-likeness (QED) is 0.263. The van der Waals surface area contributed by atoms with Gasteiger partial charge in [-0.15, -0.1) is 0 Å². The molecule has 0 saturated carbocycles. The summed E-state index contributed by atoms with van der Waals surface area (Å²) in [5.41, 5.74) is 16.4. The number of carbonyl (C=O) groups excluding carboxylic acids is 1. The van der Waals surface area contributed by atoms with Gasteiger partial charge in [-0.3, -0.25) is 4.79 Å². The molecule has 0 aliphatic heterocycles. The maximum Gasteiger partial charge on any atom is 0.268 e. The summed E-state index contributed by atoms with van der Waals surface area (Å²) >= 11 is 0. The number of nitrogens with two attached hydrogens (primary N) is 1. The van der Waals surface area contributed by atoms with Gasteiger partial charge in [-0.05, 0) is 75.9 Å². The molecule has 0 aliphatic rings. The van der Waals surface area contributed by atoms with E-state index >= 15 is 0 Å². The van der Waals surface area contributed by atoms with Gasteiger partial charge in [0.25, 0.3) is 5.91 Å². The fraction of sp³-hybridized carbons (Fsp3) is 0.300. The van der Waals surface area contributed by atoms with E-state index in [4.69, 9.17) is 5.73 Å². The predicted octanol–water partition coefficient (Wildman–Crippen LogP) is 6.59. The number of benzene rings is 3. The van der Waals surface area contributed by atoms with Crippen LogP contribution in [-0.2, 0) is 0 Å². The van der Waals surface area contributed by atoms with Crippen LogP contribution in [0.25, 0.3) is 33.2 Å². The van der Waals surface area contributed by atoms with Crippen LogP contribution in [0.4, 0.5) is 0 Å². The van der Waals surface area contributed by atoms with E-state index < -0.39 is 0 Å². The number of fused-ring (bicyclic) bond motifs is 1. The topological polar surface area (TPSA) is 70.9 Å². The summed E-state index contributed by atoms with van der Waals surface area (Å²) in [4.78, 5) is 16.7. The highest BCUT2D eigenvalue weighted by Gasteiger charge is 2.20. The van der Waals surface area contributed by atoms with Crippen molar-refractivity contribution in [2.75, 3.05) is 13.1 Å². The molecule has 3 aromatic carbocycles. The van der Waals surface area contributed by atoms with E-state index in [-0.39, 0.29) is 5.91 Å². The molecule has 0 saturated heterocycles. The number of hydrogen-bond donors (Lipinski definition) is 3. The number of hydrogen-bond acceptors (Lipinski definition) is 2. The van der Waals surface area contributed by atoms with Crippen LogP contribution in [0.15, 0.2) is 54.6 Å². The molecule has 176 valence electrons. The third-order valence-corrected chi connectivity index (χ3v) is 6.26. The van der Waals surface area contributed by atoms with Crippen molar-refractivity contribution in [1.29, 1.82) is 0 Å². The normalized spacial score (nSPS) is 11.2. The fourth-order valence-electron chi connectivity index (χ4n) is 4.84. The molecule has 4 nitrogen and oxygen atoms in total. The minimum atomic E-state index is -0.0638. The minimum Gasteiger partial charge on any atom is -0.351 e. The number of aromatic amines is 1. The number of rotatable bonds is 8. The lowest BCUT2D eigenvalue weighted by Gasteiger charge is -2.10. The molecule has 4 aromatic rings. The third kappa shape index (κ3) is 5.23. The van der Waals surface area contributed by atoms with Gasteiger partial charge < -0.3 is 16.0 Å². The Morgan fingerprint density at radius 3 is 2.00 bits per heavy atom. The Morgan fingerprint density at radius 1 is 0.765 bits per heavy atom. The number of unbranched alkanes of at least 4 members (excludes halogenated alkanes) is 2. The molecule has 0 unspecified atom stereocenters. The van der Waals surface area contributed by atoms with Crippen molar-refractivity contribution in [3.63, 3.8) is 0 Å². The molecule has 0 spiro atoms. The summed E-state index contributed by atoms with van der Waals surface area (Å²) in [6.07, 6.45) is 2.93. The lowest BCUT2D eigenvalue weighted by atomic mass is 9.95. The monoisotopic (exact) mass is 453 g/mol. The lowest BCUT2D eigenvalue weighted by molar-refractivity contribution is 0.0949. The zero-order valence-electron chi connectivity index (χ0n) is 20.7. The number of carbonyl (C=O) groups is 1. The average Bonchev–Trinajstić information content (AvgIpc) is 3.16. The summed E-state index contributed by atoms with van der Waals surface area (Å²) in [6.45, 7) is 9.79. The van der Waals surface area contributed by atoms with Crippen molar-refractivity contribution in [2.24, 2.45) is 5.73 Å². The Bertz CT molecular complexity index is 1290. The van der Waals surface area contributed by atoms with Gasteiger partial charge in [0.2, 0.25) is 0 Å². The smallest absolute Gasteiger partial charge is 0.268 e. The van der Waals surface area contributed by atoms with Crippen LogP contribution in [0.2, 0.25) is 0 Å². The van der Waals surface area contributed by atoms with E-state index in [1.54, 1.807) is 0 Å². The van der Waals surface area contributed by atoms with Crippen LogP contribution in [0.1, 0.15) is 52.0 Å². The summed E-state index contributed by atoms with van der Waals surface area (Å²) < 4.78 is 0. The SMILES string of the molecule is Cc1cc(C)cc(-c2ccc3[nH]c(C(=O)NCCCCCN)c(-c4cc(C)cc(C)c4)c3c2)c1. The van der Waals surface area contributed by atoms with E-state index in [0.29, 0.717) is 18.8 Å². The third-order valence-electron chi connectivity index (χ3n) is 6.26. The van der Waals surface area contributed by atoms with Crippen LogP contribution >= 0.6 is 0 Å². The van der Waals surface area contributed by atoms with Gasteiger partial charge in [-0.1, -0.05) is 71.1 Å². The van der Waals surface area contributed by atoms with Crippen LogP contribution < -0.4 is 11.1 Å². The summed E-state index contributed by atoms with van der Waals surface area (Å²) in [6, 6.07) is 19.5. The Labute approximate surface area is 202 Å². The first-order valence-corrected chi connectivity index (χ1v) is 12.2. The van der Waals surface area contributed by atoms with Crippen molar-refractivity contribution in [2.45, 2.75) is 47.0 Å². The maximum absolute atomic E-state index is 13.3. The molecule has 0 fully saturated rings. The average molecular weight is 454 g/mol. The highest BCUT2D eigenvalue weighted by atomic mass is 16.1. The van der Waals surface area contributed by atoms with Crippen LogP contribution in [0.5, 0.6) is 0 Å². The van der Waals surface area contributed by atoms with Crippen molar-refractivity contribution in [1.82, 2.24) is 10.3 Å². The molecule has 4 heteroatoms. The van der Waals surface area contributed by atoms with E-state index in [1.165, 1.54) is 27.8 Å². The van der Waals surface area contributed by atoms with Gasteiger partial charge >= 0.3 is 0 Å². The van der Waals surface area contributed by atoms with Gasteiger partial charge in [-0.25, -0.2) is 0 Å². The fourth-order valence-corrected chi connectivity index (χ4v) is 4.84. The molecule has 1 amide bonds. The number of aryl methyl sites for hydroxylation is 4. The molecular weight excluding hydrogens is 418 g/mol. The van der Waals surface area contributed by atoms with Crippen molar-refractivity contribution in [3.8, 4) is 22.3 Å². The second-order valence-electron chi connectivity index (χ2n) is 9.49. The predicted molar refractivity (Wildman–Crippen MR) is 143 cm³/mol. The van der Waals surface area contributed by atoms with Gasteiger partial charge in [-0.2, -0.15) is 0 Å². The second-order valence-corrected chi connectivity index (χ2v) is 9.49. The highest BCUT2D eigenvalue weighted by Crippen LogP contribution is 2.36. The van der Waals surface area contributed by atoms with Crippen LogP contribution in [0, 0.1) is 27.7 Å². The Hall–Kier alpha value is -3.37. The van der Waals surface area contributed by atoms with E-state index in [1.807, 2.05) is 0 Å². The maximum atomic E-state index is 13.3. The molecule has 0 atom stereocenters. The van der Waals surface area contributed by atoms with Crippen LogP contribution in [-0.4, -0.2) is 24.0 Å². The number of amides is 1. The summed E-state index contributed by atoms with van der Waals surface area (Å²) in [5.74, 6) is -0.0638. The molecular formula is C30H35N3O. The Kier molecular flexibility index (Phi) is 7.18. The van der Waals surface area contributed by atoms with Crippen molar-refractivity contribution in [3.05, 3.63) is 82.5 Å². The molecule has 0 bridgehead atoms. The van der Waals surface area contributed by atoms with E-state index in [2.05, 4.69) is 92.6 Å². The van der Waals surface area contributed by atoms with Gasteiger partial charge in [0.05, 0.1) is 0 Å². The zero-order chi connectivity index (χ0) is 24.2. The van der Waals surface area contributed by atoms with Crippen LogP contribution in [0.3, 0.4) is 0 Å². The highest BCUT2D eigenvalue weighted by molar-refractivity contribution is 6.10. The first kappa shape index (κ1) is 23.8. The minimum absolute atomic E-state index is 0.0638. The molecule has 4 rings (SSSR count). The van der Waals surface area contributed by atoms with Gasteiger partial charge in [0.1, 0.15) is 5.69 Å². The molecule has 34 heavy (non-hydrogen) atoms. The van der Waals surface area contributed by atoms with E-state index in [9.17, 15) is 4.79 Å². The Morgan fingerprint density at radius 2 is 1.38 bits per heavy atom. The molecule has 1 aromatic heterocycles. The van der Waals surface area contributed by atoms with Gasteiger partial charge in [0.15, 0.2) is 0 Å². The first-order chi connectivity index (χ1) is 16.4. The standard InChI is InChI=1S/C30H35N3O/c1-19-12-20(2)15-24(14-19)23-8-9-27-26(18-23)28(25-16-21(3)13-22(4)17-25)29(33-27)30(34)32-11-7-5-6-10-31/h8-9,12-18,33H,5-7,10-11,31H2,1-4H3,(H,32,34). The lowest BCUT2D eigenvalue weighted by Crippen LogP contribution is -2.25. The number of nitrogens with one attached hydrogen (secondary N) is 2. The van der Waals surface area contributed by atoms with Gasteiger partial charge in [0, 0.05) is 23.0 Å². The summed E-state index contributed by atoms with van der Waals surface area (Å²) in [7, 11) is 0. The molecule has 4 N–H and O–H groups in total.